The van der Waals surface area contributed by atoms with E-state index in [-0.39, 0.29) is 42.3 Å². The van der Waals surface area contributed by atoms with Gasteiger partial charge in [-0.05, 0) is 25.3 Å². The molecule has 2 atom stereocenters. The molecule has 1 aromatic rings. The number of hydrogen-bond donors (Lipinski definition) is 1. The SMILES string of the molecule is Cc1ccc([N+](=O)[O-])cc1NC(=O)CCN1C(=O)[C@@H]2CC=CC[C@H]2C1=O. The highest BCUT2D eigenvalue weighted by atomic mass is 16.6. The standard InChI is InChI=1S/C18H19N3O5/c1-11-6-7-12(21(25)26)10-15(11)19-16(22)8-9-20-17(23)13-4-2-3-5-14(13)18(20)24/h2-3,6-7,10,13-14H,4-5,8-9H2,1H3,(H,19,22)/t13-,14-/m1/s1. The van der Waals surface area contributed by atoms with Gasteiger partial charge in [-0.2, -0.15) is 0 Å². The molecule has 2 aliphatic rings. The number of non-ortho nitro benzene ring substituents is 1. The van der Waals surface area contributed by atoms with Crippen molar-refractivity contribution in [2.45, 2.75) is 26.2 Å². The van der Waals surface area contributed by atoms with E-state index in [4.69, 9.17) is 0 Å². The van der Waals surface area contributed by atoms with Crippen molar-refractivity contribution in [2.24, 2.45) is 11.8 Å². The minimum absolute atomic E-state index is 0.0183. The molecular weight excluding hydrogens is 338 g/mol. The Morgan fingerprint density at radius 2 is 1.85 bits per heavy atom. The first-order chi connectivity index (χ1) is 12.4. The summed E-state index contributed by atoms with van der Waals surface area (Å²) in [6.45, 7) is 1.75. The first-order valence-corrected chi connectivity index (χ1v) is 8.43. The average Bonchev–Trinajstić information content (AvgIpc) is 2.86. The second kappa shape index (κ2) is 7.07. The summed E-state index contributed by atoms with van der Waals surface area (Å²) in [7, 11) is 0. The van der Waals surface area contributed by atoms with Crippen molar-refractivity contribution in [3.8, 4) is 0 Å². The summed E-state index contributed by atoms with van der Waals surface area (Å²) in [6.07, 6.45) is 4.89. The number of carbonyl (C=O) groups excluding carboxylic acids is 3. The van der Waals surface area contributed by atoms with Crippen LogP contribution in [0.15, 0.2) is 30.4 Å². The van der Waals surface area contributed by atoms with Crippen molar-refractivity contribution >= 4 is 29.1 Å². The van der Waals surface area contributed by atoms with Crippen LogP contribution in [0.2, 0.25) is 0 Å². The number of benzene rings is 1. The van der Waals surface area contributed by atoms with E-state index >= 15 is 0 Å². The van der Waals surface area contributed by atoms with Gasteiger partial charge in [0.25, 0.3) is 5.69 Å². The number of fused-ring (bicyclic) bond motifs is 1. The molecule has 8 nitrogen and oxygen atoms in total. The molecule has 3 rings (SSSR count). The Morgan fingerprint density at radius 3 is 2.42 bits per heavy atom. The summed E-state index contributed by atoms with van der Waals surface area (Å²) in [5.41, 5.74) is 0.919. The highest BCUT2D eigenvalue weighted by molar-refractivity contribution is 6.05. The summed E-state index contributed by atoms with van der Waals surface area (Å²) >= 11 is 0. The molecule has 8 heteroatoms. The minimum Gasteiger partial charge on any atom is -0.326 e. The van der Waals surface area contributed by atoms with E-state index in [2.05, 4.69) is 5.32 Å². The number of carbonyl (C=O) groups is 3. The van der Waals surface area contributed by atoms with Crippen molar-refractivity contribution in [3.63, 3.8) is 0 Å². The van der Waals surface area contributed by atoms with Crippen LogP contribution in [-0.2, 0) is 14.4 Å². The quantitative estimate of drug-likeness (QED) is 0.376. The molecule has 1 aliphatic heterocycles. The molecule has 0 aromatic heterocycles. The van der Waals surface area contributed by atoms with Gasteiger partial charge in [-0.25, -0.2) is 0 Å². The molecule has 1 fully saturated rings. The number of hydrogen-bond acceptors (Lipinski definition) is 5. The van der Waals surface area contributed by atoms with Crippen LogP contribution in [0.5, 0.6) is 0 Å². The number of nitro benzene ring substituents is 1. The fourth-order valence-corrected chi connectivity index (χ4v) is 3.37. The van der Waals surface area contributed by atoms with E-state index in [0.29, 0.717) is 24.1 Å². The molecule has 1 aromatic carbocycles. The van der Waals surface area contributed by atoms with Gasteiger partial charge in [0.15, 0.2) is 0 Å². The predicted octanol–water partition coefficient (Wildman–Crippen LogP) is 2.18. The third kappa shape index (κ3) is 3.35. The minimum atomic E-state index is -0.535. The molecule has 1 aliphatic carbocycles. The zero-order chi connectivity index (χ0) is 18.8. The molecule has 0 bridgehead atoms. The predicted molar refractivity (Wildman–Crippen MR) is 93.2 cm³/mol. The number of likely N-dealkylation sites (tertiary alicyclic amines) is 1. The van der Waals surface area contributed by atoms with Crippen molar-refractivity contribution < 1.29 is 19.3 Å². The van der Waals surface area contributed by atoms with E-state index in [1.807, 2.05) is 12.2 Å². The van der Waals surface area contributed by atoms with Gasteiger partial charge in [-0.3, -0.25) is 29.4 Å². The van der Waals surface area contributed by atoms with Crippen LogP contribution in [0.3, 0.4) is 0 Å². The number of nitro groups is 1. The number of anilines is 1. The molecule has 0 spiro atoms. The van der Waals surface area contributed by atoms with Gasteiger partial charge >= 0.3 is 0 Å². The van der Waals surface area contributed by atoms with Gasteiger partial charge in [0.2, 0.25) is 17.7 Å². The van der Waals surface area contributed by atoms with Crippen LogP contribution in [-0.4, -0.2) is 34.1 Å². The number of nitrogens with zero attached hydrogens (tertiary/aromatic N) is 2. The number of amides is 3. The Kier molecular flexibility index (Phi) is 4.83. The molecule has 0 saturated carbocycles. The third-order valence-corrected chi connectivity index (χ3v) is 4.87. The maximum absolute atomic E-state index is 12.4. The highest BCUT2D eigenvalue weighted by Gasteiger charge is 2.46. The Morgan fingerprint density at radius 1 is 1.23 bits per heavy atom. The van der Waals surface area contributed by atoms with E-state index in [1.54, 1.807) is 13.0 Å². The van der Waals surface area contributed by atoms with Crippen LogP contribution in [0.25, 0.3) is 0 Å². The Bertz CT molecular complexity index is 791. The van der Waals surface area contributed by atoms with Crippen molar-refractivity contribution in [2.75, 3.05) is 11.9 Å². The average molecular weight is 357 g/mol. The van der Waals surface area contributed by atoms with Crippen LogP contribution < -0.4 is 5.32 Å². The molecule has 1 heterocycles. The molecule has 0 radical (unpaired) electrons. The Labute approximate surface area is 150 Å². The monoisotopic (exact) mass is 357 g/mol. The highest BCUT2D eigenvalue weighted by Crippen LogP contribution is 2.35. The fraction of sp³-hybridized carbons (Fsp3) is 0.389. The topological polar surface area (TPSA) is 110 Å². The normalized spacial score (nSPS) is 21.7. The van der Waals surface area contributed by atoms with Crippen molar-refractivity contribution in [1.29, 1.82) is 0 Å². The first kappa shape index (κ1) is 17.8. The lowest BCUT2D eigenvalue weighted by Crippen LogP contribution is -2.34. The molecule has 136 valence electrons. The van der Waals surface area contributed by atoms with Gasteiger partial charge in [-0.15, -0.1) is 0 Å². The molecule has 1 N–H and O–H groups in total. The number of rotatable bonds is 5. The molecular formula is C18H19N3O5. The van der Waals surface area contributed by atoms with Gasteiger partial charge in [-0.1, -0.05) is 18.2 Å². The maximum atomic E-state index is 12.4. The van der Waals surface area contributed by atoms with Gasteiger partial charge < -0.3 is 5.32 Å². The van der Waals surface area contributed by atoms with Crippen molar-refractivity contribution in [3.05, 3.63) is 46.0 Å². The Balaban J connectivity index is 1.61. The van der Waals surface area contributed by atoms with E-state index < -0.39 is 10.8 Å². The van der Waals surface area contributed by atoms with E-state index in [9.17, 15) is 24.5 Å². The number of allylic oxidation sites excluding steroid dienone is 2. The van der Waals surface area contributed by atoms with Crippen molar-refractivity contribution in [1.82, 2.24) is 4.90 Å². The summed E-state index contributed by atoms with van der Waals surface area (Å²) in [5, 5.41) is 13.5. The lowest BCUT2D eigenvalue weighted by Gasteiger charge is -2.15. The lowest BCUT2D eigenvalue weighted by molar-refractivity contribution is -0.384. The van der Waals surface area contributed by atoms with Crippen LogP contribution in [0.1, 0.15) is 24.8 Å². The molecule has 0 unspecified atom stereocenters. The maximum Gasteiger partial charge on any atom is 0.271 e. The number of aryl methyl sites for hydroxylation is 1. The third-order valence-electron chi connectivity index (χ3n) is 4.87. The molecule has 26 heavy (non-hydrogen) atoms. The smallest absolute Gasteiger partial charge is 0.271 e. The second-order valence-corrected chi connectivity index (χ2v) is 6.54. The van der Waals surface area contributed by atoms with E-state index in [0.717, 1.165) is 0 Å². The fourth-order valence-electron chi connectivity index (χ4n) is 3.37. The second-order valence-electron chi connectivity index (χ2n) is 6.54. The summed E-state index contributed by atoms with van der Waals surface area (Å²) in [5.74, 6) is -1.46. The van der Waals surface area contributed by atoms with Crippen LogP contribution in [0.4, 0.5) is 11.4 Å². The summed E-state index contributed by atoms with van der Waals surface area (Å²) < 4.78 is 0. The first-order valence-electron chi connectivity index (χ1n) is 8.43. The van der Waals surface area contributed by atoms with Gasteiger partial charge in [0, 0.05) is 25.1 Å². The van der Waals surface area contributed by atoms with Gasteiger partial charge in [0.1, 0.15) is 0 Å². The zero-order valence-electron chi connectivity index (χ0n) is 14.3. The number of nitrogens with one attached hydrogen (secondary N) is 1. The number of imide groups is 1. The summed E-state index contributed by atoms with van der Waals surface area (Å²) in [4.78, 5) is 48.4. The van der Waals surface area contributed by atoms with Gasteiger partial charge in [0.05, 0.1) is 22.4 Å². The molecule has 3 amide bonds. The largest absolute Gasteiger partial charge is 0.326 e. The molecule has 1 saturated heterocycles. The van der Waals surface area contributed by atoms with Crippen LogP contribution >= 0.6 is 0 Å². The van der Waals surface area contributed by atoms with E-state index in [1.165, 1.54) is 17.0 Å². The zero-order valence-corrected chi connectivity index (χ0v) is 14.3. The summed E-state index contributed by atoms with van der Waals surface area (Å²) in [6, 6.07) is 4.21. The van der Waals surface area contributed by atoms with Crippen LogP contribution in [0, 0.1) is 28.9 Å². The Hall–Kier alpha value is -3.03. The lowest BCUT2D eigenvalue weighted by atomic mass is 9.85.